The number of nitrogens with zero attached hydrogens (tertiary/aromatic N) is 1. The van der Waals surface area contributed by atoms with Crippen LogP contribution in [0.4, 0.5) is 4.39 Å². The second-order valence-electron chi connectivity index (χ2n) is 4.97. The first-order valence-electron chi connectivity index (χ1n) is 6.67. The van der Waals surface area contributed by atoms with E-state index in [9.17, 15) is 4.39 Å². The van der Waals surface area contributed by atoms with Crippen molar-refractivity contribution < 1.29 is 9.13 Å². The van der Waals surface area contributed by atoms with Gasteiger partial charge in [0.2, 0.25) is 0 Å². The van der Waals surface area contributed by atoms with Crippen LogP contribution >= 0.6 is 0 Å². The lowest BCUT2D eigenvalue weighted by molar-refractivity contribution is 0.315. The Morgan fingerprint density at radius 3 is 2.75 bits per heavy atom. The van der Waals surface area contributed by atoms with E-state index >= 15 is 0 Å². The molecule has 1 aromatic heterocycles. The Morgan fingerprint density at radius 1 is 1.25 bits per heavy atom. The van der Waals surface area contributed by atoms with Gasteiger partial charge in [-0.15, -0.1) is 0 Å². The fourth-order valence-corrected chi connectivity index (χ4v) is 1.98. The Labute approximate surface area is 118 Å². The second kappa shape index (κ2) is 6.01. The van der Waals surface area contributed by atoms with Crippen LogP contribution < -0.4 is 10.5 Å². The number of benzene rings is 1. The van der Waals surface area contributed by atoms with Gasteiger partial charge >= 0.3 is 0 Å². The lowest BCUT2D eigenvalue weighted by atomic mass is 9.86. The molecule has 0 saturated heterocycles. The molecule has 2 N–H and O–H groups in total. The van der Waals surface area contributed by atoms with E-state index in [0.717, 1.165) is 12.0 Å². The van der Waals surface area contributed by atoms with Gasteiger partial charge in [-0.05, 0) is 42.7 Å². The maximum Gasteiger partial charge on any atom is 0.137 e. The molecule has 20 heavy (non-hydrogen) atoms. The summed E-state index contributed by atoms with van der Waals surface area (Å²) < 4.78 is 18.9. The van der Waals surface area contributed by atoms with Crippen LogP contribution in [0, 0.1) is 5.82 Å². The molecule has 0 amide bonds. The molecule has 4 heteroatoms. The third-order valence-electron chi connectivity index (χ3n) is 3.21. The molecule has 0 aliphatic rings. The molecule has 0 radical (unpaired) electrons. The van der Waals surface area contributed by atoms with Gasteiger partial charge in [0.15, 0.2) is 0 Å². The molecular weight excluding hydrogens is 255 g/mol. The van der Waals surface area contributed by atoms with Gasteiger partial charge in [-0.3, -0.25) is 4.98 Å². The van der Waals surface area contributed by atoms with E-state index < -0.39 is 5.54 Å². The standard InChI is InChI=1S/C16H19FN2O/c1-3-7-20-15-9-13(10-19-11-15)16(2,18)12-5-4-6-14(17)8-12/h4-6,8-11H,3,7,18H2,1-2H3. The molecule has 2 aromatic rings. The summed E-state index contributed by atoms with van der Waals surface area (Å²) in [5, 5.41) is 0. The minimum Gasteiger partial charge on any atom is -0.492 e. The number of rotatable bonds is 5. The molecule has 2 rings (SSSR count). The number of aromatic nitrogens is 1. The average molecular weight is 274 g/mol. The number of nitrogens with two attached hydrogens (primary N) is 1. The van der Waals surface area contributed by atoms with Crippen molar-refractivity contribution in [2.24, 2.45) is 5.73 Å². The van der Waals surface area contributed by atoms with E-state index in [0.29, 0.717) is 17.9 Å². The molecule has 1 heterocycles. The molecule has 106 valence electrons. The van der Waals surface area contributed by atoms with Crippen LogP contribution in [-0.4, -0.2) is 11.6 Å². The highest BCUT2D eigenvalue weighted by atomic mass is 19.1. The quantitative estimate of drug-likeness (QED) is 0.910. The van der Waals surface area contributed by atoms with Crippen LogP contribution in [0.1, 0.15) is 31.4 Å². The summed E-state index contributed by atoms with van der Waals surface area (Å²) in [5.74, 6) is 0.378. The van der Waals surface area contributed by atoms with Gasteiger partial charge in [0.05, 0.1) is 18.3 Å². The number of pyridine rings is 1. The molecule has 0 aliphatic heterocycles. The maximum atomic E-state index is 13.4. The smallest absolute Gasteiger partial charge is 0.137 e. The number of halogens is 1. The molecule has 1 aromatic carbocycles. The number of ether oxygens (including phenoxy) is 1. The zero-order chi connectivity index (χ0) is 14.6. The summed E-state index contributed by atoms with van der Waals surface area (Å²) in [5.41, 5.74) is 7.03. The van der Waals surface area contributed by atoms with Crippen LogP contribution in [-0.2, 0) is 5.54 Å². The highest BCUT2D eigenvalue weighted by Crippen LogP contribution is 2.28. The first-order chi connectivity index (χ1) is 9.54. The Kier molecular flexibility index (Phi) is 4.35. The monoisotopic (exact) mass is 274 g/mol. The van der Waals surface area contributed by atoms with Crippen LogP contribution in [0.5, 0.6) is 5.75 Å². The Bertz CT molecular complexity index is 584. The summed E-state index contributed by atoms with van der Waals surface area (Å²) in [6.45, 7) is 4.51. The first kappa shape index (κ1) is 14.5. The van der Waals surface area contributed by atoms with Gasteiger partial charge in [0.25, 0.3) is 0 Å². The van der Waals surface area contributed by atoms with Gasteiger partial charge in [0, 0.05) is 6.20 Å². The fraction of sp³-hybridized carbons (Fsp3) is 0.312. The minimum absolute atomic E-state index is 0.300. The summed E-state index contributed by atoms with van der Waals surface area (Å²) in [6, 6.07) is 8.16. The third-order valence-corrected chi connectivity index (χ3v) is 3.21. The average Bonchev–Trinajstić information content (AvgIpc) is 2.45. The van der Waals surface area contributed by atoms with E-state index in [1.54, 1.807) is 18.5 Å². The van der Waals surface area contributed by atoms with Crippen molar-refractivity contribution in [2.45, 2.75) is 25.8 Å². The van der Waals surface area contributed by atoms with Crippen molar-refractivity contribution in [3.63, 3.8) is 0 Å². The molecule has 0 fully saturated rings. The van der Waals surface area contributed by atoms with Crippen LogP contribution in [0.3, 0.4) is 0 Å². The topological polar surface area (TPSA) is 48.1 Å². The second-order valence-corrected chi connectivity index (χ2v) is 4.97. The zero-order valence-electron chi connectivity index (χ0n) is 11.8. The van der Waals surface area contributed by atoms with E-state index in [4.69, 9.17) is 10.5 Å². The van der Waals surface area contributed by atoms with Gasteiger partial charge in [-0.25, -0.2) is 4.39 Å². The highest BCUT2D eigenvalue weighted by Gasteiger charge is 2.25. The molecule has 3 nitrogen and oxygen atoms in total. The summed E-state index contributed by atoms with van der Waals surface area (Å²) in [7, 11) is 0. The SMILES string of the molecule is CCCOc1cncc(C(C)(N)c2cccc(F)c2)c1. The van der Waals surface area contributed by atoms with Crippen LogP contribution in [0.25, 0.3) is 0 Å². The zero-order valence-corrected chi connectivity index (χ0v) is 11.8. The normalized spacial score (nSPS) is 13.8. The number of hydrogen-bond acceptors (Lipinski definition) is 3. The molecule has 0 bridgehead atoms. The lowest BCUT2D eigenvalue weighted by Crippen LogP contribution is -2.34. The molecule has 0 saturated carbocycles. The van der Waals surface area contributed by atoms with Crippen molar-refractivity contribution in [1.29, 1.82) is 0 Å². The predicted octanol–water partition coefficient (Wildman–Crippen LogP) is 3.23. The summed E-state index contributed by atoms with van der Waals surface area (Å²) in [6.07, 6.45) is 4.26. The summed E-state index contributed by atoms with van der Waals surface area (Å²) >= 11 is 0. The van der Waals surface area contributed by atoms with E-state index in [1.165, 1.54) is 12.1 Å². The first-order valence-corrected chi connectivity index (χ1v) is 6.67. The Morgan fingerprint density at radius 2 is 2.05 bits per heavy atom. The highest BCUT2D eigenvalue weighted by molar-refractivity contribution is 5.38. The Balaban J connectivity index is 2.33. The summed E-state index contributed by atoms with van der Waals surface area (Å²) in [4.78, 5) is 4.15. The van der Waals surface area contributed by atoms with Crippen LogP contribution in [0.2, 0.25) is 0 Å². The van der Waals surface area contributed by atoms with Gasteiger partial charge < -0.3 is 10.5 Å². The van der Waals surface area contributed by atoms with E-state index in [1.807, 2.05) is 26.0 Å². The molecule has 1 atom stereocenters. The van der Waals surface area contributed by atoms with Crippen molar-refractivity contribution >= 4 is 0 Å². The van der Waals surface area contributed by atoms with E-state index in [2.05, 4.69) is 4.98 Å². The number of hydrogen-bond donors (Lipinski definition) is 1. The van der Waals surface area contributed by atoms with Gasteiger partial charge in [-0.1, -0.05) is 19.1 Å². The van der Waals surface area contributed by atoms with E-state index in [-0.39, 0.29) is 5.82 Å². The van der Waals surface area contributed by atoms with Gasteiger partial charge in [-0.2, -0.15) is 0 Å². The van der Waals surface area contributed by atoms with Gasteiger partial charge in [0.1, 0.15) is 11.6 Å². The van der Waals surface area contributed by atoms with Crippen molar-refractivity contribution in [3.8, 4) is 5.75 Å². The minimum atomic E-state index is -0.819. The predicted molar refractivity (Wildman–Crippen MR) is 77.1 cm³/mol. The fourth-order valence-electron chi connectivity index (χ4n) is 1.98. The largest absolute Gasteiger partial charge is 0.492 e. The van der Waals surface area contributed by atoms with Crippen molar-refractivity contribution in [3.05, 3.63) is 59.7 Å². The molecule has 1 unspecified atom stereocenters. The molecular formula is C16H19FN2O. The third kappa shape index (κ3) is 3.14. The molecule has 0 aliphatic carbocycles. The van der Waals surface area contributed by atoms with Crippen LogP contribution in [0.15, 0.2) is 42.7 Å². The lowest BCUT2D eigenvalue weighted by Gasteiger charge is -2.26. The van der Waals surface area contributed by atoms with Crippen molar-refractivity contribution in [2.75, 3.05) is 6.61 Å². The maximum absolute atomic E-state index is 13.4. The Hall–Kier alpha value is -1.94. The van der Waals surface area contributed by atoms with Crippen molar-refractivity contribution in [1.82, 2.24) is 4.98 Å². The molecule has 0 spiro atoms.